The topological polar surface area (TPSA) is 55.8 Å². The highest BCUT2D eigenvalue weighted by atomic mass is 16.5. The van der Waals surface area contributed by atoms with E-state index in [9.17, 15) is 9.59 Å². The maximum atomic E-state index is 12.7. The van der Waals surface area contributed by atoms with Crippen molar-refractivity contribution in [3.05, 3.63) is 71.8 Å². The van der Waals surface area contributed by atoms with Gasteiger partial charge in [-0.05, 0) is 30.9 Å². The fourth-order valence-electron chi connectivity index (χ4n) is 3.51. The number of hydrogen-bond donors (Lipinski definition) is 0. The van der Waals surface area contributed by atoms with E-state index < -0.39 is 0 Å². The van der Waals surface area contributed by atoms with Crippen LogP contribution in [0.5, 0.6) is 0 Å². The first kappa shape index (κ1) is 20.1. The fourth-order valence-corrected chi connectivity index (χ4v) is 3.51. The molecule has 2 aromatic carbocycles. The molecule has 0 spiro atoms. The first-order valence-corrected chi connectivity index (χ1v) is 9.85. The van der Waals surface area contributed by atoms with E-state index >= 15 is 0 Å². The second-order valence-electron chi connectivity index (χ2n) is 6.92. The van der Waals surface area contributed by atoms with Crippen LogP contribution in [0.2, 0.25) is 0 Å². The summed E-state index contributed by atoms with van der Waals surface area (Å²) in [5, 5.41) is 0. The third-order valence-corrected chi connectivity index (χ3v) is 5.05. The molecule has 148 valence electrons. The third kappa shape index (κ3) is 5.20. The van der Waals surface area contributed by atoms with E-state index in [1.54, 1.807) is 4.90 Å². The van der Waals surface area contributed by atoms with Crippen molar-refractivity contribution in [3.8, 4) is 0 Å². The molecule has 5 heteroatoms. The molecule has 1 amide bonds. The van der Waals surface area contributed by atoms with Crippen molar-refractivity contribution in [2.75, 3.05) is 26.3 Å². The molecule has 1 aliphatic rings. The van der Waals surface area contributed by atoms with Gasteiger partial charge in [-0.2, -0.15) is 0 Å². The number of piperidine rings is 1. The second-order valence-corrected chi connectivity index (χ2v) is 6.92. The van der Waals surface area contributed by atoms with Crippen LogP contribution in [-0.4, -0.2) is 43.1 Å². The van der Waals surface area contributed by atoms with E-state index in [-0.39, 0.29) is 30.5 Å². The molecule has 5 nitrogen and oxygen atoms in total. The third-order valence-electron chi connectivity index (χ3n) is 5.05. The quantitative estimate of drug-likeness (QED) is 0.688. The van der Waals surface area contributed by atoms with E-state index in [1.807, 2.05) is 67.6 Å². The van der Waals surface area contributed by atoms with Gasteiger partial charge in [0.1, 0.15) is 12.7 Å². The normalized spacial score (nSPS) is 14.9. The highest BCUT2D eigenvalue weighted by molar-refractivity contribution is 5.78. The number of likely N-dealkylation sites (tertiary alicyclic amines) is 1. The summed E-state index contributed by atoms with van der Waals surface area (Å²) in [5.74, 6) is -0.301. The van der Waals surface area contributed by atoms with Gasteiger partial charge in [0.25, 0.3) is 0 Å². The minimum atomic E-state index is -0.288. The van der Waals surface area contributed by atoms with E-state index in [0.29, 0.717) is 32.5 Å². The van der Waals surface area contributed by atoms with Crippen molar-refractivity contribution in [3.63, 3.8) is 0 Å². The summed E-state index contributed by atoms with van der Waals surface area (Å²) >= 11 is 0. The summed E-state index contributed by atoms with van der Waals surface area (Å²) in [5.41, 5.74) is 2.03. The van der Waals surface area contributed by atoms with Crippen LogP contribution in [0.25, 0.3) is 0 Å². The Labute approximate surface area is 166 Å². The molecule has 1 saturated heterocycles. The molecule has 3 rings (SSSR count). The standard InChI is InChI=1S/C23H27NO4/c1-2-27-23(26)20-13-15-24(16-14-20)21(25)17-28-22(18-9-5-3-6-10-18)19-11-7-4-8-12-19/h3-12,20,22H,2,13-17H2,1H3. The highest BCUT2D eigenvalue weighted by Gasteiger charge is 2.28. The predicted octanol–water partition coefficient (Wildman–Crippen LogP) is 3.59. The molecule has 1 aliphatic heterocycles. The van der Waals surface area contributed by atoms with Gasteiger partial charge < -0.3 is 14.4 Å². The number of carbonyl (C=O) groups excluding carboxylic acids is 2. The van der Waals surface area contributed by atoms with E-state index in [1.165, 1.54) is 0 Å². The summed E-state index contributed by atoms with van der Waals surface area (Å²) in [6, 6.07) is 19.8. The van der Waals surface area contributed by atoms with Gasteiger partial charge in [0, 0.05) is 13.1 Å². The van der Waals surface area contributed by atoms with Gasteiger partial charge in [-0.25, -0.2) is 0 Å². The zero-order valence-corrected chi connectivity index (χ0v) is 16.3. The molecule has 0 aliphatic carbocycles. The molecule has 0 bridgehead atoms. The number of nitrogens with zero attached hydrogens (tertiary/aromatic N) is 1. The molecule has 0 atom stereocenters. The molecule has 1 heterocycles. The number of ether oxygens (including phenoxy) is 2. The van der Waals surface area contributed by atoms with Crippen LogP contribution in [0.3, 0.4) is 0 Å². The van der Waals surface area contributed by atoms with Crippen molar-refractivity contribution in [2.24, 2.45) is 5.92 Å². The van der Waals surface area contributed by atoms with Crippen LogP contribution in [0.15, 0.2) is 60.7 Å². The summed E-state index contributed by atoms with van der Waals surface area (Å²) in [4.78, 5) is 26.3. The highest BCUT2D eigenvalue weighted by Crippen LogP contribution is 2.26. The van der Waals surface area contributed by atoms with Crippen molar-refractivity contribution in [1.29, 1.82) is 0 Å². The number of amides is 1. The molecule has 0 unspecified atom stereocenters. The van der Waals surface area contributed by atoms with Crippen molar-refractivity contribution < 1.29 is 19.1 Å². The molecular formula is C23H27NO4. The lowest BCUT2D eigenvalue weighted by Crippen LogP contribution is -2.42. The van der Waals surface area contributed by atoms with Crippen LogP contribution < -0.4 is 0 Å². The lowest BCUT2D eigenvalue weighted by atomic mass is 9.97. The number of esters is 1. The smallest absolute Gasteiger partial charge is 0.309 e. The summed E-state index contributed by atoms with van der Waals surface area (Å²) in [6.07, 6.45) is 1.000. The first-order valence-electron chi connectivity index (χ1n) is 9.85. The Morgan fingerprint density at radius 1 is 0.964 bits per heavy atom. The first-order chi connectivity index (χ1) is 13.7. The second kappa shape index (κ2) is 10.0. The SMILES string of the molecule is CCOC(=O)C1CCN(C(=O)COC(c2ccccc2)c2ccccc2)CC1. The largest absolute Gasteiger partial charge is 0.466 e. The summed E-state index contributed by atoms with van der Waals surface area (Å²) in [7, 11) is 0. The Kier molecular flexibility index (Phi) is 7.20. The van der Waals surface area contributed by atoms with Gasteiger partial charge in [-0.1, -0.05) is 60.7 Å². The monoisotopic (exact) mass is 381 g/mol. The van der Waals surface area contributed by atoms with Crippen LogP contribution in [-0.2, 0) is 19.1 Å². The Balaban J connectivity index is 1.58. The van der Waals surface area contributed by atoms with Crippen LogP contribution in [0.1, 0.15) is 37.0 Å². The average molecular weight is 381 g/mol. The van der Waals surface area contributed by atoms with E-state index in [4.69, 9.17) is 9.47 Å². The molecule has 0 saturated carbocycles. The zero-order chi connectivity index (χ0) is 19.8. The van der Waals surface area contributed by atoms with Gasteiger partial charge in [0.05, 0.1) is 12.5 Å². The molecule has 1 fully saturated rings. The average Bonchev–Trinajstić information content (AvgIpc) is 2.75. The molecule has 0 N–H and O–H groups in total. The maximum absolute atomic E-state index is 12.7. The van der Waals surface area contributed by atoms with Gasteiger partial charge in [0.15, 0.2) is 0 Å². The number of rotatable bonds is 7. The Morgan fingerprint density at radius 3 is 2.00 bits per heavy atom. The summed E-state index contributed by atoms with van der Waals surface area (Å²) in [6.45, 7) is 3.34. The molecular weight excluding hydrogens is 354 g/mol. The van der Waals surface area contributed by atoms with Gasteiger partial charge in [-0.3, -0.25) is 9.59 Å². The van der Waals surface area contributed by atoms with E-state index in [2.05, 4.69) is 0 Å². The Hall–Kier alpha value is -2.66. The molecule has 0 aromatic heterocycles. The fraction of sp³-hybridized carbons (Fsp3) is 0.391. The molecule has 0 radical (unpaired) electrons. The van der Waals surface area contributed by atoms with Crippen molar-refractivity contribution >= 4 is 11.9 Å². The molecule has 2 aromatic rings. The lowest BCUT2D eigenvalue weighted by Gasteiger charge is -2.31. The number of benzene rings is 2. The van der Waals surface area contributed by atoms with Gasteiger partial charge >= 0.3 is 5.97 Å². The van der Waals surface area contributed by atoms with Gasteiger partial charge in [-0.15, -0.1) is 0 Å². The number of hydrogen-bond acceptors (Lipinski definition) is 4. The number of carbonyl (C=O) groups is 2. The van der Waals surface area contributed by atoms with Crippen LogP contribution >= 0.6 is 0 Å². The van der Waals surface area contributed by atoms with Crippen LogP contribution in [0, 0.1) is 5.92 Å². The Bertz CT molecular complexity index is 715. The predicted molar refractivity (Wildman–Crippen MR) is 107 cm³/mol. The maximum Gasteiger partial charge on any atom is 0.309 e. The van der Waals surface area contributed by atoms with Crippen molar-refractivity contribution in [1.82, 2.24) is 4.90 Å². The van der Waals surface area contributed by atoms with Crippen LogP contribution in [0.4, 0.5) is 0 Å². The summed E-state index contributed by atoms with van der Waals surface area (Å²) < 4.78 is 11.1. The molecule has 28 heavy (non-hydrogen) atoms. The lowest BCUT2D eigenvalue weighted by molar-refractivity contribution is -0.152. The van der Waals surface area contributed by atoms with E-state index in [0.717, 1.165) is 11.1 Å². The minimum absolute atomic E-state index is 0.0124. The van der Waals surface area contributed by atoms with Gasteiger partial charge in [0.2, 0.25) is 5.91 Å². The zero-order valence-electron chi connectivity index (χ0n) is 16.3. The van der Waals surface area contributed by atoms with Crippen molar-refractivity contribution in [2.45, 2.75) is 25.9 Å². The Morgan fingerprint density at radius 2 is 1.50 bits per heavy atom. The minimum Gasteiger partial charge on any atom is -0.466 e.